The number of aliphatic hydroxyl groups excluding tert-OH is 1. The minimum atomic E-state index is 0.00792. The molecule has 2 rings (SSSR count). The topological polar surface area (TPSA) is 40.5 Å². The maximum Gasteiger partial charge on any atom is 0.147 e. The van der Waals surface area contributed by atoms with Crippen molar-refractivity contribution in [1.82, 2.24) is 4.90 Å². The van der Waals surface area contributed by atoms with Crippen molar-refractivity contribution in [3.8, 4) is 0 Å². The lowest BCUT2D eigenvalue weighted by Gasteiger charge is -2.26. The molecule has 2 aliphatic rings. The van der Waals surface area contributed by atoms with Crippen molar-refractivity contribution in [2.75, 3.05) is 20.1 Å². The summed E-state index contributed by atoms with van der Waals surface area (Å²) >= 11 is 6.00. The van der Waals surface area contributed by atoms with Gasteiger partial charge in [0.1, 0.15) is 12.0 Å². The molecule has 0 amide bonds. The van der Waals surface area contributed by atoms with Crippen molar-refractivity contribution in [3.63, 3.8) is 0 Å². The number of aldehydes is 1. The molecule has 0 bridgehead atoms. The fraction of sp³-hybridized carbons (Fsp3) is 0.353. The summed E-state index contributed by atoms with van der Waals surface area (Å²) in [6.07, 6.45) is 10.1. The molecule has 1 aliphatic carbocycles. The summed E-state index contributed by atoms with van der Waals surface area (Å²) in [5, 5.41) is 10.2. The first-order valence-electron chi connectivity index (χ1n) is 6.99. The van der Waals surface area contributed by atoms with E-state index in [0.29, 0.717) is 34.9 Å². The number of nitrogens with zero attached hydrogens (tertiary/aromatic N) is 1. The van der Waals surface area contributed by atoms with E-state index in [1.807, 2.05) is 30.2 Å². The van der Waals surface area contributed by atoms with Gasteiger partial charge >= 0.3 is 0 Å². The number of rotatable bonds is 3. The molecule has 0 radical (unpaired) electrons. The van der Waals surface area contributed by atoms with Gasteiger partial charge in [0.2, 0.25) is 0 Å². The minimum Gasteiger partial charge on any atom is -0.511 e. The van der Waals surface area contributed by atoms with Crippen LogP contribution in [0.5, 0.6) is 0 Å². The highest BCUT2D eigenvalue weighted by Gasteiger charge is 2.24. The van der Waals surface area contributed by atoms with Crippen molar-refractivity contribution >= 4 is 17.9 Å². The standard InChI is InChI=1S/C17H20ClNO2/c1-12(18)15-4-3-5-16(17(15)11-20)13-6-7-14(21)10-19(2)9-8-13/h3-4,7-8,11,16,21H,1,5-6,9-10H2,2H3/b13-8+,14-7+. The summed E-state index contributed by atoms with van der Waals surface area (Å²) in [6, 6.07) is 0. The number of hydrogen-bond donors (Lipinski definition) is 1. The zero-order valence-electron chi connectivity index (χ0n) is 12.2. The van der Waals surface area contributed by atoms with Gasteiger partial charge in [-0.15, -0.1) is 0 Å². The molecule has 0 aromatic carbocycles. The number of aliphatic hydroxyl groups is 1. The van der Waals surface area contributed by atoms with Crippen LogP contribution in [-0.2, 0) is 4.79 Å². The highest BCUT2D eigenvalue weighted by Crippen LogP contribution is 2.35. The van der Waals surface area contributed by atoms with Gasteiger partial charge in [-0.25, -0.2) is 0 Å². The van der Waals surface area contributed by atoms with Crippen LogP contribution in [0.3, 0.4) is 0 Å². The molecule has 3 nitrogen and oxygen atoms in total. The maximum absolute atomic E-state index is 11.5. The molecular formula is C17H20ClNO2. The number of carbonyl (C=O) groups excluding carboxylic acids is 1. The van der Waals surface area contributed by atoms with Crippen LogP contribution in [0.4, 0.5) is 0 Å². The Bertz CT molecular complexity index is 569. The number of allylic oxidation sites excluding steroid dienone is 7. The molecule has 0 aromatic heterocycles. The number of hydrogen-bond acceptors (Lipinski definition) is 3. The zero-order valence-corrected chi connectivity index (χ0v) is 12.9. The second-order valence-corrected chi connectivity index (χ2v) is 5.91. The van der Waals surface area contributed by atoms with Crippen LogP contribution in [0.2, 0.25) is 0 Å². The van der Waals surface area contributed by atoms with Gasteiger partial charge in [-0.05, 0) is 31.5 Å². The summed E-state index contributed by atoms with van der Waals surface area (Å²) in [6.45, 7) is 5.03. The normalized spacial score (nSPS) is 29.0. The molecule has 0 saturated heterocycles. The van der Waals surface area contributed by atoms with Gasteiger partial charge in [0.25, 0.3) is 0 Å². The molecule has 1 heterocycles. The lowest BCUT2D eigenvalue weighted by Crippen LogP contribution is -2.24. The molecule has 0 spiro atoms. The van der Waals surface area contributed by atoms with Crippen LogP contribution < -0.4 is 0 Å². The van der Waals surface area contributed by atoms with E-state index in [-0.39, 0.29) is 5.92 Å². The lowest BCUT2D eigenvalue weighted by molar-refractivity contribution is -0.105. The molecule has 4 heteroatoms. The highest BCUT2D eigenvalue weighted by molar-refractivity contribution is 6.32. The zero-order chi connectivity index (χ0) is 15.4. The fourth-order valence-corrected chi connectivity index (χ4v) is 2.93. The SMILES string of the molecule is C=C(Cl)C1=C(C=O)C(/C2=C/CN(C)C/C(O)=C\C2)CC=C1. The van der Waals surface area contributed by atoms with E-state index in [1.54, 1.807) is 0 Å². The Labute approximate surface area is 130 Å². The fourth-order valence-electron chi connectivity index (χ4n) is 2.76. The largest absolute Gasteiger partial charge is 0.511 e. The van der Waals surface area contributed by atoms with E-state index in [4.69, 9.17) is 11.6 Å². The third-order valence-corrected chi connectivity index (χ3v) is 4.08. The van der Waals surface area contributed by atoms with Crippen molar-refractivity contribution in [2.45, 2.75) is 12.8 Å². The first kappa shape index (κ1) is 15.8. The first-order valence-corrected chi connectivity index (χ1v) is 7.36. The molecule has 1 N–H and O–H groups in total. The average molecular weight is 306 g/mol. The predicted octanol–water partition coefficient (Wildman–Crippen LogP) is 3.51. The predicted molar refractivity (Wildman–Crippen MR) is 86.2 cm³/mol. The van der Waals surface area contributed by atoms with Crippen molar-refractivity contribution < 1.29 is 9.90 Å². The number of carbonyl (C=O) groups is 1. The number of likely N-dealkylation sites (N-methyl/N-ethyl adjacent to an activating group) is 1. The molecule has 1 aliphatic heterocycles. The van der Waals surface area contributed by atoms with E-state index in [9.17, 15) is 9.90 Å². The molecule has 1 unspecified atom stereocenters. The summed E-state index contributed by atoms with van der Waals surface area (Å²) in [4.78, 5) is 13.5. The average Bonchev–Trinajstić information content (AvgIpc) is 2.44. The van der Waals surface area contributed by atoms with Gasteiger partial charge in [0, 0.05) is 23.1 Å². The quantitative estimate of drug-likeness (QED) is 0.641. The van der Waals surface area contributed by atoms with Crippen molar-refractivity contribution in [2.24, 2.45) is 5.92 Å². The molecular weight excluding hydrogens is 286 g/mol. The monoisotopic (exact) mass is 305 g/mol. The van der Waals surface area contributed by atoms with Crippen LogP contribution in [0, 0.1) is 5.92 Å². The van der Waals surface area contributed by atoms with E-state index in [0.717, 1.165) is 24.8 Å². The van der Waals surface area contributed by atoms with Gasteiger partial charge in [0.15, 0.2) is 0 Å². The Morgan fingerprint density at radius 3 is 2.95 bits per heavy atom. The summed E-state index contributed by atoms with van der Waals surface area (Å²) in [5.41, 5.74) is 2.53. The van der Waals surface area contributed by atoms with E-state index < -0.39 is 0 Å². The molecule has 1 atom stereocenters. The van der Waals surface area contributed by atoms with Gasteiger partial charge in [-0.1, -0.05) is 42.0 Å². The second kappa shape index (κ2) is 6.92. The lowest BCUT2D eigenvalue weighted by atomic mass is 9.80. The van der Waals surface area contributed by atoms with Crippen LogP contribution in [-0.4, -0.2) is 36.4 Å². The van der Waals surface area contributed by atoms with Gasteiger partial charge in [-0.3, -0.25) is 9.69 Å². The number of halogens is 1. The Morgan fingerprint density at radius 1 is 1.52 bits per heavy atom. The highest BCUT2D eigenvalue weighted by atomic mass is 35.5. The van der Waals surface area contributed by atoms with E-state index in [2.05, 4.69) is 12.7 Å². The van der Waals surface area contributed by atoms with Crippen molar-refractivity contribution in [3.05, 3.63) is 58.4 Å². The third-order valence-electron chi connectivity index (χ3n) is 3.88. The van der Waals surface area contributed by atoms with Gasteiger partial charge in [0.05, 0.1) is 6.54 Å². The maximum atomic E-state index is 11.5. The Hall–Kier alpha value is -1.58. The smallest absolute Gasteiger partial charge is 0.147 e. The van der Waals surface area contributed by atoms with E-state index >= 15 is 0 Å². The minimum absolute atomic E-state index is 0.00792. The molecule has 0 fully saturated rings. The Balaban J connectivity index is 2.35. The van der Waals surface area contributed by atoms with Crippen LogP contribution in [0.15, 0.2) is 58.4 Å². The molecule has 0 saturated carbocycles. The van der Waals surface area contributed by atoms with Gasteiger partial charge in [-0.2, -0.15) is 0 Å². The van der Waals surface area contributed by atoms with Crippen LogP contribution in [0.1, 0.15) is 12.8 Å². The Kier molecular flexibility index (Phi) is 5.21. The summed E-state index contributed by atoms with van der Waals surface area (Å²) in [7, 11) is 1.95. The summed E-state index contributed by atoms with van der Waals surface area (Å²) in [5.74, 6) is 0.376. The second-order valence-electron chi connectivity index (χ2n) is 5.46. The van der Waals surface area contributed by atoms with Crippen LogP contribution >= 0.6 is 11.6 Å². The molecule has 112 valence electrons. The molecule has 0 aromatic rings. The first-order chi connectivity index (χ1) is 10.0. The van der Waals surface area contributed by atoms with Gasteiger partial charge < -0.3 is 5.11 Å². The summed E-state index contributed by atoms with van der Waals surface area (Å²) < 4.78 is 0. The van der Waals surface area contributed by atoms with E-state index in [1.165, 1.54) is 0 Å². The third kappa shape index (κ3) is 3.74. The van der Waals surface area contributed by atoms with Crippen molar-refractivity contribution in [1.29, 1.82) is 0 Å². The molecule has 21 heavy (non-hydrogen) atoms. The van der Waals surface area contributed by atoms with Crippen LogP contribution in [0.25, 0.3) is 0 Å². The Morgan fingerprint density at radius 2 is 2.29 bits per heavy atom.